The van der Waals surface area contributed by atoms with E-state index in [1.165, 1.54) is 18.6 Å². The summed E-state index contributed by atoms with van der Waals surface area (Å²) in [4.78, 5) is 11.7. The molecule has 1 amide bonds. The molecule has 1 aromatic carbocycles. The molecule has 0 saturated carbocycles. The lowest BCUT2D eigenvalue weighted by Gasteiger charge is -2.11. The maximum Gasteiger partial charge on any atom is 0.257 e. The maximum atomic E-state index is 11.7. The normalized spacial score (nSPS) is 12.0. The minimum Gasteiger partial charge on any atom is -0.482 e. The molecule has 0 fully saturated rings. The fourth-order valence-corrected chi connectivity index (χ4v) is 2.23. The van der Waals surface area contributed by atoms with Gasteiger partial charge in [-0.15, -0.1) is 0 Å². The Labute approximate surface area is 137 Å². The summed E-state index contributed by atoms with van der Waals surface area (Å²) in [5, 5.41) is 13.3. The quantitative estimate of drug-likeness (QED) is 0.809. The van der Waals surface area contributed by atoms with Gasteiger partial charge in [-0.2, -0.15) is 0 Å². The van der Waals surface area contributed by atoms with Gasteiger partial charge in [-0.25, -0.2) is 0 Å². The number of hydrogen-bond acceptors (Lipinski definition) is 4. The zero-order chi connectivity index (χ0) is 15.9. The van der Waals surface area contributed by atoms with Gasteiger partial charge in [0, 0.05) is 17.1 Å². The zero-order valence-electron chi connectivity index (χ0n) is 11.6. The predicted octanol–water partition coefficient (Wildman–Crippen LogP) is 3.21. The number of carbonyl (C=O) groups excluding carboxylic acids is 1. The lowest BCUT2D eigenvalue weighted by Crippen LogP contribution is -2.30. The van der Waals surface area contributed by atoms with Gasteiger partial charge in [-0.1, -0.05) is 23.2 Å². The molecule has 5 nitrogen and oxygen atoms in total. The molecule has 1 atom stereocenters. The van der Waals surface area contributed by atoms with E-state index < -0.39 is 6.10 Å². The third-order valence-electron chi connectivity index (χ3n) is 2.92. The maximum absolute atomic E-state index is 11.7. The summed E-state index contributed by atoms with van der Waals surface area (Å²) in [6, 6.07) is 6.44. The fraction of sp³-hybridized carbons (Fsp3) is 0.267. The highest BCUT2D eigenvalue weighted by atomic mass is 35.5. The van der Waals surface area contributed by atoms with E-state index in [1.807, 2.05) is 0 Å². The average Bonchev–Trinajstić information content (AvgIpc) is 3.00. The molecule has 0 aliphatic rings. The van der Waals surface area contributed by atoms with Crippen LogP contribution in [0.3, 0.4) is 0 Å². The lowest BCUT2D eigenvalue weighted by molar-refractivity contribution is -0.123. The molecule has 2 aromatic rings. The SMILES string of the molecule is O=C(COc1ccc(Cl)cc1Cl)NCCC(O)c1ccoc1. The van der Waals surface area contributed by atoms with E-state index >= 15 is 0 Å². The molecule has 0 aliphatic carbocycles. The van der Waals surface area contributed by atoms with Crippen LogP contribution in [0.5, 0.6) is 5.75 Å². The minimum absolute atomic E-state index is 0.164. The second-order valence-electron chi connectivity index (χ2n) is 4.57. The van der Waals surface area contributed by atoms with Gasteiger partial charge in [0.2, 0.25) is 0 Å². The van der Waals surface area contributed by atoms with Gasteiger partial charge in [0.1, 0.15) is 5.75 Å². The van der Waals surface area contributed by atoms with Crippen molar-refractivity contribution in [2.24, 2.45) is 0 Å². The van der Waals surface area contributed by atoms with E-state index in [-0.39, 0.29) is 12.5 Å². The summed E-state index contributed by atoms with van der Waals surface area (Å²) >= 11 is 11.7. The molecule has 0 spiro atoms. The van der Waals surface area contributed by atoms with Crippen LogP contribution in [-0.4, -0.2) is 24.2 Å². The van der Waals surface area contributed by atoms with Crippen molar-refractivity contribution in [1.29, 1.82) is 0 Å². The number of benzene rings is 1. The van der Waals surface area contributed by atoms with Crippen LogP contribution in [0.1, 0.15) is 18.1 Å². The third kappa shape index (κ3) is 4.94. The number of furan rings is 1. The molecule has 2 N–H and O–H groups in total. The highest BCUT2D eigenvalue weighted by Crippen LogP contribution is 2.27. The van der Waals surface area contributed by atoms with Crippen molar-refractivity contribution < 1.29 is 19.1 Å². The van der Waals surface area contributed by atoms with Gasteiger partial charge in [0.05, 0.1) is 23.7 Å². The van der Waals surface area contributed by atoms with E-state index in [0.29, 0.717) is 34.3 Å². The van der Waals surface area contributed by atoms with Crippen LogP contribution in [0.25, 0.3) is 0 Å². The molecule has 22 heavy (non-hydrogen) atoms. The number of carbonyl (C=O) groups is 1. The highest BCUT2D eigenvalue weighted by Gasteiger charge is 2.10. The van der Waals surface area contributed by atoms with Gasteiger partial charge in [-0.05, 0) is 30.7 Å². The molecule has 1 heterocycles. The molecule has 0 aliphatic heterocycles. The van der Waals surface area contributed by atoms with Crippen LogP contribution in [0.4, 0.5) is 0 Å². The molecular formula is C15H15Cl2NO4. The first-order chi connectivity index (χ1) is 10.6. The van der Waals surface area contributed by atoms with Crippen molar-refractivity contribution in [2.75, 3.05) is 13.2 Å². The Hall–Kier alpha value is -1.69. The highest BCUT2D eigenvalue weighted by molar-refractivity contribution is 6.35. The fourth-order valence-electron chi connectivity index (χ4n) is 1.77. The van der Waals surface area contributed by atoms with Crippen LogP contribution in [0, 0.1) is 0 Å². The summed E-state index contributed by atoms with van der Waals surface area (Å²) in [5.74, 6) is 0.0880. The molecule has 0 radical (unpaired) electrons. The van der Waals surface area contributed by atoms with Crippen LogP contribution in [0.15, 0.2) is 41.2 Å². The van der Waals surface area contributed by atoms with E-state index in [2.05, 4.69) is 5.32 Å². The molecular weight excluding hydrogens is 329 g/mol. The van der Waals surface area contributed by atoms with Crippen LogP contribution >= 0.6 is 23.2 Å². The van der Waals surface area contributed by atoms with Crippen molar-refractivity contribution >= 4 is 29.1 Å². The van der Waals surface area contributed by atoms with Crippen molar-refractivity contribution in [1.82, 2.24) is 5.32 Å². The largest absolute Gasteiger partial charge is 0.482 e. The molecule has 0 bridgehead atoms. The number of halogens is 2. The molecule has 118 valence electrons. The number of rotatable bonds is 7. The number of ether oxygens (including phenoxy) is 1. The van der Waals surface area contributed by atoms with Gasteiger partial charge in [0.25, 0.3) is 5.91 Å². The molecule has 7 heteroatoms. The second-order valence-corrected chi connectivity index (χ2v) is 5.42. The Kier molecular flexibility index (Phi) is 6.12. The molecule has 2 rings (SSSR count). The number of nitrogens with one attached hydrogen (secondary N) is 1. The smallest absolute Gasteiger partial charge is 0.257 e. The summed E-state index contributed by atoms with van der Waals surface area (Å²) in [6.07, 6.45) is 2.66. The van der Waals surface area contributed by atoms with Gasteiger partial charge in [-0.3, -0.25) is 4.79 Å². The summed E-state index contributed by atoms with van der Waals surface area (Å²) in [7, 11) is 0. The lowest BCUT2D eigenvalue weighted by atomic mass is 10.1. The first-order valence-electron chi connectivity index (χ1n) is 6.61. The monoisotopic (exact) mass is 343 g/mol. The number of aliphatic hydroxyl groups is 1. The van der Waals surface area contributed by atoms with Crippen molar-refractivity contribution in [3.05, 3.63) is 52.4 Å². The molecule has 0 saturated heterocycles. The minimum atomic E-state index is -0.675. The Bertz CT molecular complexity index is 616. The first kappa shape index (κ1) is 16.7. The first-order valence-corrected chi connectivity index (χ1v) is 7.36. The Morgan fingerprint density at radius 2 is 2.18 bits per heavy atom. The Morgan fingerprint density at radius 3 is 2.86 bits per heavy atom. The Balaban J connectivity index is 1.70. The number of aliphatic hydroxyl groups excluding tert-OH is 1. The van der Waals surface area contributed by atoms with Crippen molar-refractivity contribution in [2.45, 2.75) is 12.5 Å². The zero-order valence-corrected chi connectivity index (χ0v) is 13.1. The summed E-state index contributed by atoms with van der Waals surface area (Å²) < 4.78 is 10.2. The van der Waals surface area contributed by atoms with E-state index in [0.717, 1.165) is 0 Å². The van der Waals surface area contributed by atoms with Crippen molar-refractivity contribution in [3.63, 3.8) is 0 Å². The number of amides is 1. The molecule has 1 unspecified atom stereocenters. The predicted molar refractivity (Wildman–Crippen MR) is 83.3 cm³/mol. The topological polar surface area (TPSA) is 71.7 Å². The van der Waals surface area contributed by atoms with Crippen LogP contribution < -0.4 is 10.1 Å². The van der Waals surface area contributed by atoms with Gasteiger partial charge < -0.3 is 19.6 Å². The second kappa shape index (κ2) is 8.08. The average molecular weight is 344 g/mol. The summed E-state index contributed by atoms with van der Waals surface area (Å²) in [6.45, 7) is 0.159. The van der Waals surface area contributed by atoms with Gasteiger partial charge in [0.15, 0.2) is 6.61 Å². The number of hydrogen-bond donors (Lipinski definition) is 2. The van der Waals surface area contributed by atoms with E-state index in [4.69, 9.17) is 32.4 Å². The molecule has 1 aromatic heterocycles. The van der Waals surface area contributed by atoms with Crippen LogP contribution in [-0.2, 0) is 4.79 Å². The van der Waals surface area contributed by atoms with E-state index in [9.17, 15) is 9.90 Å². The van der Waals surface area contributed by atoms with E-state index in [1.54, 1.807) is 18.2 Å². The third-order valence-corrected chi connectivity index (χ3v) is 3.45. The van der Waals surface area contributed by atoms with Crippen molar-refractivity contribution in [3.8, 4) is 5.75 Å². The van der Waals surface area contributed by atoms with Crippen LogP contribution in [0.2, 0.25) is 10.0 Å². The summed E-state index contributed by atoms with van der Waals surface area (Å²) in [5.41, 5.74) is 0.679. The standard InChI is InChI=1S/C15H15Cl2NO4/c16-11-1-2-14(12(17)7-11)22-9-15(20)18-5-3-13(19)10-4-6-21-8-10/h1-2,4,6-8,13,19H,3,5,9H2,(H,18,20). The Morgan fingerprint density at radius 1 is 1.36 bits per heavy atom. The van der Waals surface area contributed by atoms with Gasteiger partial charge >= 0.3 is 0 Å².